The van der Waals surface area contributed by atoms with Crippen LogP contribution >= 0.6 is 0 Å². The van der Waals surface area contributed by atoms with Crippen molar-refractivity contribution in [3.63, 3.8) is 0 Å². The lowest BCUT2D eigenvalue weighted by Crippen LogP contribution is -1.96. The molecule has 0 aliphatic rings. The van der Waals surface area contributed by atoms with Gasteiger partial charge in [0.2, 0.25) is 5.89 Å². The van der Waals surface area contributed by atoms with E-state index in [1.54, 1.807) is 0 Å². The molecule has 3 N–H and O–H groups in total. The molecule has 0 aliphatic carbocycles. The Labute approximate surface area is 58.0 Å². The summed E-state index contributed by atoms with van der Waals surface area (Å²) in [4.78, 5) is 3.79. The molecule has 0 atom stereocenters. The standard InChI is InChI=1S/C6H8N2O2/c1-4(9)5-3-10-6(2-7)8-5/h3,9H,1-2,7H2. The van der Waals surface area contributed by atoms with Gasteiger partial charge >= 0.3 is 0 Å². The number of nitrogens with two attached hydrogens (primary N) is 1. The molecule has 1 aromatic heterocycles. The van der Waals surface area contributed by atoms with Crippen LogP contribution in [0.2, 0.25) is 0 Å². The van der Waals surface area contributed by atoms with Gasteiger partial charge in [-0.1, -0.05) is 6.58 Å². The maximum Gasteiger partial charge on any atom is 0.208 e. The number of hydrogen-bond acceptors (Lipinski definition) is 4. The largest absolute Gasteiger partial charge is 0.506 e. The molecule has 0 bridgehead atoms. The van der Waals surface area contributed by atoms with Crippen molar-refractivity contribution in [1.82, 2.24) is 4.98 Å². The van der Waals surface area contributed by atoms with Gasteiger partial charge in [0, 0.05) is 0 Å². The van der Waals surface area contributed by atoms with Crippen molar-refractivity contribution in [2.75, 3.05) is 0 Å². The highest BCUT2D eigenvalue weighted by atomic mass is 16.3. The Bertz CT molecular complexity index is 242. The molecule has 0 unspecified atom stereocenters. The summed E-state index contributed by atoms with van der Waals surface area (Å²) in [6, 6.07) is 0. The first kappa shape index (κ1) is 6.82. The Morgan fingerprint density at radius 2 is 2.60 bits per heavy atom. The lowest BCUT2D eigenvalue weighted by molar-refractivity contribution is 0.495. The monoisotopic (exact) mass is 140 g/mol. The summed E-state index contributed by atoms with van der Waals surface area (Å²) in [6.45, 7) is 3.49. The minimum atomic E-state index is -0.108. The minimum absolute atomic E-state index is 0.108. The fourth-order valence-electron chi connectivity index (χ4n) is 0.537. The van der Waals surface area contributed by atoms with Gasteiger partial charge in [0.05, 0.1) is 6.54 Å². The third-order valence-corrected chi connectivity index (χ3v) is 1.02. The van der Waals surface area contributed by atoms with Crippen LogP contribution in [0, 0.1) is 0 Å². The van der Waals surface area contributed by atoms with E-state index in [-0.39, 0.29) is 12.3 Å². The van der Waals surface area contributed by atoms with Gasteiger partial charge in [-0.25, -0.2) is 4.98 Å². The first-order valence-electron chi connectivity index (χ1n) is 2.76. The number of oxazole rings is 1. The minimum Gasteiger partial charge on any atom is -0.506 e. The topological polar surface area (TPSA) is 72.3 Å². The summed E-state index contributed by atoms with van der Waals surface area (Å²) in [5.74, 6) is 0.286. The lowest BCUT2D eigenvalue weighted by atomic mass is 10.4. The van der Waals surface area contributed by atoms with Gasteiger partial charge in [-0.2, -0.15) is 0 Å². The van der Waals surface area contributed by atoms with E-state index in [1.165, 1.54) is 6.26 Å². The van der Waals surface area contributed by atoms with Gasteiger partial charge in [-0.15, -0.1) is 0 Å². The first-order valence-corrected chi connectivity index (χ1v) is 2.76. The van der Waals surface area contributed by atoms with Crippen LogP contribution in [0.4, 0.5) is 0 Å². The van der Waals surface area contributed by atoms with E-state index in [0.717, 1.165) is 0 Å². The zero-order valence-corrected chi connectivity index (χ0v) is 5.37. The van der Waals surface area contributed by atoms with Gasteiger partial charge in [0.15, 0.2) is 0 Å². The van der Waals surface area contributed by atoms with Gasteiger partial charge in [-0.3, -0.25) is 0 Å². The molecule has 0 amide bonds. The van der Waals surface area contributed by atoms with Crippen molar-refractivity contribution in [2.24, 2.45) is 5.73 Å². The highest BCUT2D eigenvalue weighted by molar-refractivity contribution is 5.49. The van der Waals surface area contributed by atoms with Crippen LogP contribution in [-0.2, 0) is 6.54 Å². The summed E-state index contributed by atoms with van der Waals surface area (Å²) in [7, 11) is 0. The summed E-state index contributed by atoms with van der Waals surface area (Å²) in [6.07, 6.45) is 1.31. The third kappa shape index (κ3) is 1.16. The average molecular weight is 140 g/mol. The maximum absolute atomic E-state index is 8.77. The number of aliphatic hydroxyl groups excluding tert-OH is 1. The van der Waals surface area contributed by atoms with Gasteiger partial charge in [0.25, 0.3) is 0 Å². The highest BCUT2D eigenvalue weighted by Gasteiger charge is 2.02. The Hall–Kier alpha value is -1.29. The van der Waals surface area contributed by atoms with Crippen molar-refractivity contribution in [1.29, 1.82) is 0 Å². The number of nitrogens with zero attached hydrogens (tertiary/aromatic N) is 1. The average Bonchev–Trinajstić information content (AvgIpc) is 2.34. The zero-order valence-electron chi connectivity index (χ0n) is 5.37. The molecule has 10 heavy (non-hydrogen) atoms. The number of aromatic nitrogens is 1. The SMILES string of the molecule is C=C(O)c1coc(CN)n1. The molecule has 1 rings (SSSR count). The van der Waals surface area contributed by atoms with Crippen LogP contribution in [-0.4, -0.2) is 10.1 Å². The van der Waals surface area contributed by atoms with Crippen molar-refractivity contribution >= 4 is 5.76 Å². The number of aliphatic hydroxyl groups is 1. The fourth-order valence-corrected chi connectivity index (χ4v) is 0.537. The van der Waals surface area contributed by atoms with Crippen molar-refractivity contribution in [3.8, 4) is 0 Å². The van der Waals surface area contributed by atoms with E-state index in [4.69, 9.17) is 15.3 Å². The van der Waals surface area contributed by atoms with Crippen LogP contribution in [0.1, 0.15) is 11.6 Å². The quantitative estimate of drug-likeness (QED) is 0.592. The molecule has 4 heteroatoms. The van der Waals surface area contributed by atoms with E-state index >= 15 is 0 Å². The van der Waals surface area contributed by atoms with Gasteiger partial charge in [0.1, 0.15) is 17.7 Å². The lowest BCUT2D eigenvalue weighted by Gasteiger charge is -1.85. The van der Waals surface area contributed by atoms with E-state index in [2.05, 4.69) is 11.6 Å². The highest BCUT2D eigenvalue weighted by Crippen LogP contribution is 2.07. The van der Waals surface area contributed by atoms with Gasteiger partial charge < -0.3 is 15.3 Å². The summed E-state index contributed by atoms with van der Waals surface area (Å²) >= 11 is 0. The molecular formula is C6H8N2O2. The molecule has 0 saturated carbocycles. The predicted molar refractivity (Wildman–Crippen MR) is 36.1 cm³/mol. The van der Waals surface area contributed by atoms with Crippen LogP contribution in [0.15, 0.2) is 17.3 Å². The van der Waals surface area contributed by atoms with Crippen molar-refractivity contribution < 1.29 is 9.52 Å². The summed E-state index contributed by atoms with van der Waals surface area (Å²) < 4.78 is 4.82. The van der Waals surface area contributed by atoms with E-state index < -0.39 is 0 Å². The van der Waals surface area contributed by atoms with Crippen molar-refractivity contribution in [2.45, 2.75) is 6.54 Å². The second-order valence-corrected chi connectivity index (χ2v) is 1.78. The molecule has 1 heterocycles. The molecule has 4 nitrogen and oxygen atoms in total. The molecule has 0 fully saturated rings. The second kappa shape index (κ2) is 2.53. The Balaban J connectivity index is 2.88. The van der Waals surface area contributed by atoms with Crippen LogP contribution < -0.4 is 5.73 Å². The Kier molecular flexibility index (Phi) is 1.73. The molecule has 54 valence electrons. The molecule has 0 spiro atoms. The van der Waals surface area contributed by atoms with E-state index in [0.29, 0.717) is 11.6 Å². The van der Waals surface area contributed by atoms with E-state index in [9.17, 15) is 0 Å². The van der Waals surface area contributed by atoms with E-state index in [1.807, 2.05) is 0 Å². The van der Waals surface area contributed by atoms with Crippen LogP contribution in [0.5, 0.6) is 0 Å². The normalized spacial score (nSPS) is 9.70. The molecule has 0 aromatic carbocycles. The zero-order chi connectivity index (χ0) is 7.56. The smallest absolute Gasteiger partial charge is 0.208 e. The predicted octanol–water partition coefficient (Wildman–Crippen LogP) is 0.662. The summed E-state index contributed by atoms with van der Waals surface area (Å²) in [5, 5.41) is 8.77. The molecule has 0 radical (unpaired) electrons. The molecule has 0 saturated heterocycles. The van der Waals surface area contributed by atoms with Gasteiger partial charge in [-0.05, 0) is 0 Å². The molecule has 1 aromatic rings. The Morgan fingerprint density at radius 1 is 1.90 bits per heavy atom. The second-order valence-electron chi connectivity index (χ2n) is 1.78. The molecule has 0 aliphatic heterocycles. The third-order valence-electron chi connectivity index (χ3n) is 1.02. The van der Waals surface area contributed by atoms with Crippen molar-refractivity contribution in [3.05, 3.63) is 24.4 Å². The summed E-state index contributed by atoms with van der Waals surface area (Å²) in [5.41, 5.74) is 5.53. The fraction of sp³-hybridized carbons (Fsp3) is 0.167. The first-order chi connectivity index (χ1) is 4.74. The van der Waals surface area contributed by atoms with Crippen LogP contribution in [0.3, 0.4) is 0 Å². The van der Waals surface area contributed by atoms with Crippen LogP contribution in [0.25, 0.3) is 5.76 Å². The number of hydrogen-bond donors (Lipinski definition) is 2. The maximum atomic E-state index is 8.77. The molecular weight excluding hydrogens is 132 g/mol. The Morgan fingerprint density at radius 3 is 2.90 bits per heavy atom. The number of rotatable bonds is 2.